The smallest absolute Gasteiger partial charge is 0.256 e. The number of nitrogens with zero attached hydrogens (tertiary/aromatic N) is 3. The van der Waals surface area contributed by atoms with E-state index in [2.05, 4.69) is 10.4 Å². The van der Waals surface area contributed by atoms with Crippen LogP contribution in [0.2, 0.25) is 0 Å². The number of carbonyl (C=O) groups is 1. The molecule has 2 heterocycles. The van der Waals surface area contributed by atoms with Crippen molar-refractivity contribution < 1.29 is 9.90 Å². The van der Waals surface area contributed by atoms with Gasteiger partial charge in [0.2, 0.25) is 0 Å². The molecular formula is C12H16N4O2. The molecular weight excluding hydrogens is 232 g/mol. The summed E-state index contributed by atoms with van der Waals surface area (Å²) in [5.41, 5.74) is 0.481. The monoisotopic (exact) mass is 248 g/mol. The Morgan fingerprint density at radius 1 is 1.50 bits per heavy atom. The van der Waals surface area contributed by atoms with E-state index >= 15 is 0 Å². The van der Waals surface area contributed by atoms with Crippen molar-refractivity contribution >= 4 is 5.91 Å². The highest BCUT2D eigenvalue weighted by molar-refractivity contribution is 5.97. The zero-order valence-electron chi connectivity index (χ0n) is 10.4. The maximum absolute atomic E-state index is 12.1. The van der Waals surface area contributed by atoms with Crippen LogP contribution in [0.3, 0.4) is 0 Å². The SMILES string of the molecule is C[C@H](CO)NC(=O)c1cnn(C)c1-n1cccc1. The van der Waals surface area contributed by atoms with E-state index in [0.29, 0.717) is 11.4 Å². The summed E-state index contributed by atoms with van der Waals surface area (Å²) in [6.07, 6.45) is 5.22. The summed E-state index contributed by atoms with van der Waals surface area (Å²) in [7, 11) is 1.78. The molecule has 1 amide bonds. The Morgan fingerprint density at radius 2 is 2.17 bits per heavy atom. The van der Waals surface area contributed by atoms with Gasteiger partial charge in [-0.1, -0.05) is 0 Å². The average molecular weight is 248 g/mol. The van der Waals surface area contributed by atoms with E-state index in [1.54, 1.807) is 18.7 Å². The van der Waals surface area contributed by atoms with Gasteiger partial charge < -0.3 is 15.0 Å². The van der Waals surface area contributed by atoms with Gasteiger partial charge in [0, 0.05) is 25.5 Å². The molecule has 0 aliphatic heterocycles. The first kappa shape index (κ1) is 12.4. The Labute approximate surface area is 105 Å². The van der Waals surface area contributed by atoms with Crippen LogP contribution in [0.4, 0.5) is 0 Å². The van der Waals surface area contributed by atoms with Gasteiger partial charge >= 0.3 is 0 Å². The lowest BCUT2D eigenvalue weighted by atomic mass is 10.2. The van der Waals surface area contributed by atoms with E-state index < -0.39 is 0 Å². The quantitative estimate of drug-likeness (QED) is 0.818. The first-order chi connectivity index (χ1) is 8.63. The molecule has 0 aliphatic rings. The maximum Gasteiger partial charge on any atom is 0.256 e. The molecule has 0 bridgehead atoms. The molecule has 0 aliphatic carbocycles. The third-order valence-electron chi connectivity index (χ3n) is 2.65. The van der Waals surface area contributed by atoms with Crippen molar-refractivity contribution in [2.24, 2.45) is 7.05 Å². The molecule has 0 spiro atoms. The van der Waals surface area contributed by atoms with Crippen LogP contribution in [0.5, 0.6) is 0 Å². The van der Waals surface area contributed by atoms with E-state index in [4.69, 9.17) is 5.11 Å². The number of aliphatic hydroxyl groups is 1. The lowest BCUT2D eigenvalue weighted by Gasteiger charge is -2.11. The van der Waals surface area contributed by atoms with Gasteiger partial charge in [0.25, 0.3) is 5.91 Å². The van der Waals surface area contributed by atoms with Crippen LogP contribution in [0.1, 0.15) is 17.3 Å². The third kappa shape index (κ3) is 2.28. The van der Waals surface area contributed by atoms with Crippen molar-refractivity contribution in [1.29, 1.82) is 0 Å². The fraction of sp³-hybridized carbons (Fsp3) is 0.333. The summed E-state index contributed by atoms with van der Waals surface area (Å²) in [4.78, 5) is 12.1. The number of carbonyl (C=O) groups excluding carboxylic acids is 1. The van der Waals surface area contributed by atoms with Crippen LogP contribution in [0.25, 0.3) is 5.82 Å². The molecule has 0 saturated carbocycles. The number of rotatable bonds is 4. The Morgan fingerprint density at radius 3 is 2.78 bits per heavy atom. The van der Waals surface area contributed by atoms with Crippen LogP contribution >= 0.6 is 0 Å². The molecule has 6 heteroatoms. The normalized spacial score (nSPS) is 12.4. The number of aromatic nitrogens is 3. The summed E-state index contributed by atoms with van der Waals surface area (Å²) in [6.45, 7) is 1.65. The molecule has 96 valence electrons. The summed E-state index contributed by atoms with van der Waals surface area (Å²) in [5.74, 6) is 0.455. The molecule has 0 radical (unpaired) electrons. The Bertz CT molecular complexity index is 530. The van der Waals surface area contributed by atoms with Crippen molar-refractivity contribution in [2.75, 3.05) is 6.61 Å². The molecule has 2 N–H and O–H groups in total. The minimum absolute atomic E-state index is 0.0924. The first-order valence-electron chi connectivity index (χ1n) is 5.70. The Balaban J connectivity index is 2.32. The zero-order chi connectivity index (χ0) is 13.1. The molecule has 0 saturated heterocycles. The summed E-state index contributed by atoms with van der Waals surface area (Å²) < 4.78 is 3.46. The molecule has 6 nitrogen and oxygen atoms in total. The van der Waals surface area contributed by atoms with Gasteiger partial charge in [0.05, 0.1) is 12.8 Å². The largest absolute Gasteiger partial charge is 0.394 e. The van der Waals surface area contributed by atoms with E-state index in [9.17, 15) is 4.79 Å². The van der Waals surface area contributed by atoms with E-state index in [-0.39, 0.29) is 18.6 Å². The van der Waals surface area contributed by atoms with E-state index in [1.165, 1.54) is 6.20 Å². The lowest BCUT2D eigenvalue weighted by molar-refractivity contribution is 0.0922. The van der Waals surface area contributed by atoms with E-state index in [1.807, 2.05) is 29.1 Å². The second-order valence-corrected chi connectivity index (χ2v) is 4.15. The molecule has 2 aromatic rings. The average Bonchev–Trinajstić information content (AvgIpc) is 2.97. The summed E-state index contributed by atoms with van der Waals surface area (Å²) in [6, 6.07) is 3.48. The van der Waals surface area contributed by atoms with Crippen molar-refractivity contribution in [3.8, 4) is 5.82 Å². The van der Waals surface area contributed by atoms with Gasteiger partial charge in [-0.05, 0) is 19.1 Å². The van der Waals surface area contributed by atoms with Gasteiger partial charge in [0.15, 0.2) is 0 Å². The van der Waals surface area contributed by atoms with Crippen LogP contribution in [-0.4, -0.2) is 38.0 Å². The number of aliphatic hydroxyl groups excluding tert-OH is 1. The fourth-order valence-electron chi connectivity index (χ4n) is 1.72. The number of aryl methyl sites for hydroxylation is 1. The molecule has 0 fully saturated rings. The van der Waals surface area contributed by atoms with Crippen molar-refractivity contribution in [1.82, 2.24) is 19.7 Å². The van der Waals surface area contributed by atoms with Crippen LogP contribution in [-0.2, 0) is 7.05 Å². The molecule has 2 aromatic heterocycles. The van der Waals surface area contributed by atoms with Crippen molar-refractivity contribution in [3.05, 3.63) is 36.3 Å². The van der Waals surface area contributed by atoms with Gasteiger partial charge in [-0.3, -0.25) is 9.48 Å². The predicted molar refractivity (Wildman–Crippen MR) is 66.5 cm³/mol. The highest BCUT2D eigenvalue weighted by atomic mass is 16.3. The van der Waals surface area contributed by atoms with Crippen LogP contribution < -0.4 is 5.32 Å². The Kier molecular flexibility index (Phi) is 3.47. The standard InChI is InChI=1S/C12H16N4O2/c1-9(8-17)14-11(18)10-7-13-15(2)12(10)16-5-3-4-6-16/h3-7,9,17H,8H2,1-2H3,(H,14,18)/t9-/m1/s1. The summed E-state index contributed by atoms with van der Waals surface area (Å²) in [5, 5.41) is 15.8. The number of hydrogen-bond acceptors (Lipinski definition) is 3. The second-order valence-electron chi connectivity index (χ2n) is 4.15. The van der Waals surface area contributed by atoms with Gasteiger partial charge in [0.1, 0.15) is 11.4 Å². The van der Waals surface area contributed by atoms with Gasteiger partial charge in [-0.25, -0.2) is 0 Å². The molecule has 2 rings (SSSR count). The number of amides is 1. The van der Waals surface area contributed by atoms with Gasteiger partial charge in [-0.2, -0.15) is 5.10 Å². The fourth-order valence-corrected chi connectivity index (χ4v) is 1.72. The van der Waals surface area contributed by atoms with Crippen molar-refractivity contribution in [3.63, 3.8) is 0 Å². The van der Waals surface area contributed by atoms with Crippen LogP contribution in [0.15, 0.2) is 30.7 Å². The lowest BCUT2D eigenvalue weighted by Crippen LogP contribution is -2.35. The highest BCUT2D eigenvalue weighted by Crippen LogP contribution is 2.13. The topological polar surface area (TPSA) is 72.1 Å². The summed E-state index contributed by atoms with van der Waals surface area (Å²) >= 11 is 0. The third-order valence-corrected chi connectivity index (χ3v) is 2.65. The molecule has 0 aromatic carbocycles. The second kappa shape index (κ2) is 5.05. The first-order valence-corrected chi connectivity index (χ1v) is 5.70. The zero-order valence-corrected chi connectivity index (χ0v) is 10.4. The number of nitrogens with one attached hydrogen (secondary N) is 1. The van der Waals surface area contributed by atoms with Crippen molar-refractivity contribution in [2.45, 2.75) is 13.0 Å². The molecule has 1 atom stereocenters. The minimum Gasteiger partial charge on any atom is -0.394 e. The molecule has 18 heavy (non-hydrogen) atoms. The van der Waals surface area contributed by atoms with Gasteiger partial charge in [-0.15, -0.1) is 0 Å². The predicted octanol–water partition coefficient (Wildman–Crippen LogP) is 0.321. The Hall–Kier alpha value is -2.08. The highest BCUT2D eigenvalue weighted by Gasteiger charge is 2.18. The van der Waals surface area contributed by atoms with Crippen LogP contribution in [0, 0.1) is 0 Å². The maximum atomic E-state index is 12.1. The minimum atomic E-state index is -0.282. The van der Waals surface area contributed by atoms with E-state index in [0.717, 1.165) is 0 Å². The molecule has 0 unspecified atom stereocenters. The number of hydrogen-bond donors (Lipinski definition) is 2.